The zero-order valence-corrected chi connectivity index (χ0v) is 13.7. The molecule has 0 saturated heterocycles. The van der Waals surface area contributed by atoms with E-state index < -0.39 is 0 Å². The summed E-state index contributed by atoms with van der Waals surface area (Å²) in [4.78, 5) is 12.1. The maximum Gasteiger partial charge on any atom is 0.319 e. The highest BCUT2D eigenvalue weighted by Gasteiger charge is 2.14. The monoisotopic (exact) mass is 326 g/mol. The maximum absolute atomic E-state index is 12.1. The van der Waals surface area contributed by atoms with E-state index in [1.807, 2.05) is 55.5 Å². The summed E-state index contributed by atoms with van der Waals surface area (Å²) in [5, 5.41) is 5.74. The molecular weight excluding hydrogens is 304 g/mol. The van der Waals surface area contributed by atoms with Crippen molar-refractivity contribution in [2.45, 2.75) is 26.2 Å². The number of anilines is 1. The van der Waals surface area contributed by atoms with Gasteiger partial charge in [-0.1, -0.05) is 36.4 Å². The average Bonchev–Trinajstić information content (AvgIpc) is 3.07. The molecule has 0 bridgehead atoms. The van der Waals surface area contributed by atoms with Gasteiger partial charge in [-0.2, -0.15) is 0 Å². The number of rotatable bonds is 6. The number of urea groups is 1. The zero-order valence-electron chi connectivity index (χ0n) is 13.7. The third-order valence-electron chi connectivity index (χ3n) is 3.97. The molecule has 5 heteroatoms. The Morgan fingerprint density at radius 2 is 1.96 bits per heavy atom. The van der Waals surface area contributed by atoms with Gasteiger partial charge >= 0.3 is 6.03 Å². The summed E-state index contributed by atoms with van der Waals surface area (Å²) in [6.45, 7) is 4.20. The second kappa shape index (κ2) is 7.95. The number of fused-ring (bicyclic) bond motifs is 1. The van der Waals surface area contributed by atoms with Gasteiger partial charge in [0, 0.05) is 18.8 Å². The van der Waals surface area contributed by atoms with Crippen LogP contribution >= 0.6 is 0 Å². The molecular formula is C19H22N2O3. The number of carbonyl (C=O) groups excluding carboxylic acids is 1. The highest BCUT2D eigenvalue weighted by Crippen LogP contribution is 2.23. The van der Waals surface area contributed by atoms with Crippen molar-refractivity contribution in [2.75, 3.05) is 18.5 Å². The van der Waals surface area contributed by atoms with Crippen LogP contribution in [0, 0.1) is 0 Å². The van der Waals surface area contributed by atoms with Gasteiger partial charge in [-0.15, -0.1) is 0 Å². The first-order chi connectivity index (χ1) is 11.8. The molecule has 0 aromatic heterocycles. The number of benzene rings is 2. The Labute approximate surface area is 142 Å². The maximum atomic E-state index is 12.1. The summed E-state index contributed by atoms with van der Waals surface area (Å²) in [6, 6.07) is 15.5. The van der Waals surface area contributed by atoms with E-state index in [-0.39, 0.29) is 12.1 Å². The first kappa shape index (κ1) is 16.5. The molecule has 24 heavy (non-hydrogen) atoms. The lowest BCUT2D eigenvalue weighted by Gasteiger charge is -2.18. The van der Waals surface area contributed by atoms with Crippen molar-refractivity contribution in [3.8, 4) is 0 Å². The number of hydrogen-bond acceptors (Lipinski definition) is 3. The van der Waals surface area contributed by atoms with Crippen LogP contribution in [0.5, 0.6) is 0 Å². The SMILES string of the molecule is CCO[C@H](CNC(=O)Nc1ccc2c(c1)COC2)c1ccccc1. The van der Waals surface area contributed by atoms with Crippen LogP contribution in [0.4, 0.5) is 10.5 Å². The molecule has 126 valence electrons. The minimum Gasteiger partial charge on any atom is -0.372 e. The number of nitrogens with one attached hydrogen (secondary N) is 2. The van der Waals surface area contributed by atoms with Crippen LogP contribution in [-0.2, 0) is 22.7 Å². The second-order valence-corrected chi connectivity index (χ2v) is 5.67. The third-order valence-corrected chi connectivity index (χ3v) is 3.97. The minimum atomic E-state index is -0.241. The van der Waals surface area contributed by atoms with Gasteiger partial charge in [0.15, 0.2) is 0 Å². The van der Waals surface area contributed by atoms with Crippen molar-refractivity contribution >= 4 is 11.7 Å². The van der Waals surface area contributed by atoms with Gasteiger partial charge in [-0.25, -0.2) is 4.79 Å². The predicted molar refractivity (Wildman–Crippen MR) is 92.8 cm³/mol. The van der Waals surface area contributed by atoms with E-state index in [0.717, 1.165) is 16.8 Å². The van der Waals surface area contributed by atoms with E-state index in [2.05, 4.69) is 10.6 Å². The number of amides is 2. The van der Waals surface area contributed by atoms with Crippen LogP contribution in [0.15, 0.2) is 48.5 Å². The molecule has 1 atom stereocenters. The van der Waals surface area contributed by atoms with E-state index in [0.29, 0.717) is 26.4 Å². The Morgan fingerprint density at radius 1 is 1.17 bits per heavy atom. The summed E-state index contributed by atoms with van der Waals surface area (Å²) in [5.41, 5.74) is 4.13. The molecule has 2 aromatic carbocycles. The summed E-state index contributed by atoms with van der Waals surface area (Å²) >= 11 is 0. The largest absolute Gasteiger partial charge is 0.372 e. The van der Waals surface area contributed by atoms with Crippen molar-refractivity contribution in [3.63, 3.8) is 0 Å². The van der Waals surface area contributed by atoms with E-state index in [4.69, 9.17) is 9.47 Å². The number of hydrogen-bond donors (Lipinski definition) is 2. The normalized spacial score (nSPS) is 14.0. The molecule has 0 unspecified atom stereocenters. The highest BCUT2D eigenvalue weighted by molar-refractivity contribution is 5.89. The van der Waals surface area contributed by atoms with Crippen LogP contribution in [0.3, 0.4) is 0 Å². The van der Waals surface area contributed by atoms with Crippen LogP contribution in [0.1, 0.15) is 29.7 Å². The predicted octanol–water partition coefficient (Wildman–Crippen LogP) is 3.62. The van der Waals surface area contributed by atoms with Gasteiger partial charge in [-0.3, -0.25) is 0 Å². The van der Waals surface area contributed by atoms with Crippen molar-refractivity contribution < 1.29 is 14.3 Å². The van der Waals surface area contributed by atoms with E-state index in [9.17, 15) is 4.79 Å². The Bertz CT molecular complexity index is 688. The minimum absolute atomic E-state index is 0.157. The van der Waals surface area contributed by atoms with Gasteiger partial charge in [-0.05, 0) is 35.7 Å². The molecule has 1 aliphatic heterocycles. The van der Waals surface area contributed by atoms with Crippen LogP contribution in [0.2, 0.25) is 0 Å². The lowest BCUT2D eigenvalue weighted by Crippen LogP contribution is -2.33. The molecule has 1 aliphatic rings. The summed E-state index contributed by atoms with van der Waals surface area (Å²) in [5.74, 6) is 0. The second-order valence-electron chi connectivity index (χ2n) is 5.67. The number of carbonyl (C=O) groups is 1. The van der Waals surface area contributed by atoms with Gasteiger partial charge < -0.3 is 20.1 Å². The zero-order chi connectivity index (χ0) is 16.8. The van der Waals surface area contributed by atoms with Crippen molar-refractivity contribution in [3.05, 3.63) is 65.2 Å². The molecule has 5 nitrogen and oxygen atoms in total. The van der Waals surface area contributed by atoms with Crippen LogP contribution in [-0.4, -0.2) is 19.2 Å². The molecule has 2 amide bonds. The smallest absolute Gasteiger partial charge is 0.319 e. The van der Waals surface area contributed by atoms with Gasteiger partial charge in [0.05, 0.1) is 19.3 Å². The Kier molecular flexibility index (Phi) is 5.46. The fourth-order valence-corrected chi connectivity index (χ4v) is 2.75. The van der Waals surface area contributed by atoms with E-state index >= 15 is 0 Å². The van der Waals surface area contributed by atoms with E-state index in [1.165, 1.54) is 5.56 Å². The standard InChI is InChI=1S/C19H22N2O3/c1-2-24-18(14-6-4-3-5-7-14)11-20-19(22)21-17-9-8-15-12-23-13-16(15)10-17/h3-10,18H,2,11-13H2,1H3,(H2,20,21,22)/t18-/m1/s1. The molecule has 0 radical (unpaired) electrons. The lowest BCUT2D eigenvalue weighted by atomic mass is 10.1. The van der Waals surface area contributed by atoms with Crippen molar-refractivity contribution in [2.24, 2.45) is 0 Å². The molecule has 0 fully saturated rings. The molecule has 0 saturated carbocycles. The van der Waals surface area contributed by atoms with Crippen molar-refractivity contribution in [1.82, 2.24) is 5.32 Å². The molecule has 3 rings (SSSR count). The first-order valence-corrected chi connectivity index (χ1v) is 8.17. The summed E-state index contributed by atoms with van der Waals surface area (Å²) in [6.07, 6.45) is -0.157. The molecule has 2 N–H and O–H groups in total. The van der Waals surface area contributed by atoms with Gasteiger partial charge in [0.2, 0.25) is 0 Å². The topological polar surface area (TPSA) is 59.6 Å². The van der Waals surface area contributed by atoms with Gasteiger partial charge in [0.1, 0.15) is 0 Å². The summed E-state index contributed by atoms with van der Waals surface area (Å²) < 4.78 is 11.1. The lowest BCUT2D eigenvalue weighted by molar-refractivity contribution is 0.0643. The van der Waals surface area contributed by atoms with Crippen LogP contribution < -0.4 is 10.6 Å². The molecule has 1 heterocycles. The fourth-order valence-electron chi connectivity index (χ4n) is 2.75. The van der Waals surface area contributed by atoms with E-state index in [1.54, 1.807) is 0 Å². The van der Waals surface area contributed by atoms with Crippen LogP contribution in [0.25, 0.3) is 0 Å². The third kappa shape index (κ3) is 4.13. The summed E-state index contributed by atoms with van der Waals surface area (Å²) in [7, 11) is 0. The number of ether oxygens (including phenoxy) is 2. The van der Waals surface area contributed by atoms with Crippen molar-refractivity contribution in [1.29, 1.82) is 0 Å². The Hall–Kier alpha value is -2.37. The molecule has 0 aliphatic carbocycles. The Morgan fingerprint density at radius 3 is 2.75 bits per heavy atom. The quantitative estimate of drug-likeness (QED) is 0.852. The molecule has 0 spiro atoms. The first-order valence-electron chi connectivity index (χ1n) is 8.17. The highest BCUT2D eigenvalue weighted by atomic mass is 16.5. The fraction of sp³-hybridized carbons (Fsp3) is 0.316. The molecule has 2 aromatic rings. The van der Waals surface area contributed by atoms with Gasteiger partial charge in [0.25, 0.3) is 0 Å². The Balaban J connectivity index is 1.56. The average molecular weight is 326 g/mol.